The van der Waals surface area contributed by atoms with Crippen molar-refractivity contribution in [2.24, 2.45) is 0 Å². The molecule has 3 rings (SSSR count). The van der Waals surface area contributed by atoms with Gasteiger partial charge in [0.15, 0.2) is 0 Å². The average Bonchev–Trinajstić information content (AvgIpc) is 3.23. The third kappa shape index (κ3) is 3.34. The number of hydrogen-bond donors (Lipinski definition) is 1. The quantitative estimate of drug-likeness (QED) is 0.625. The van der Waals surface area contributed by atoms with Crippen LogP contribution in [0, 0.1) is 0 Å². The highest BCUT2D eigenvalue weighted by Gasteiger charge is 2.36. The summed E-state index contributed by atoms with van der Waals surface area (Å²) in [5.74, 6) is 0.352. The number of phenols is 1. The van der Waals surface area contributed by atoms with Crippen molar-refractivity contribution in [2.75, 3.05) is 0 Å². The van der Waals surface area contributed by atoms with Crippen molar-refractivity contribution in [3.63, 3.8) is 0 Å². The number of allylic oxidation sites excluding steroid dienone is 1. The van der Waals surface area contributed by atoms with Gasteiger partial charge in [-0.05, 0) is 49.3 Å². The van der Waals surface area contributed by atoms with Crippen LogP contribution in [0.4, 0.5) is 0 Å². The lowest BCUT2D eigenvalue weighted by Crippen LogP contribution is -2.20. The summed E-state index contributed by atoms with van der Waals surface area (Å²) in [6.45, 7) is 14.7. The van der Waals surface area contributed by atoms with Gasteiger partial charge in [-0.15, -0.1) is 11.3 Å². The van der Waals surface area contributed by atoms with Crippen LogP contribution in [0.2, 0.25) is 0 Å². The van der Waals surface area contributed by atoms with E-state index in [1.165, 1.54) is 37.1 Å². The van der Waals surface area contributed by atoms with Gasteiger partial charge in [-0.2, -0.15) is 0 Å². The van der Waals surface area contributed by atoms with Crippen molar-refractivity contribution < 1.29 is 5.11 Å². The molecule has 0 saturated heterocycles. The van der Waals surface area contributed by atoms with Crippen molar-refractivity contribution in [1.29, 1.82) is 0 Å². The highest BCUT2D eigenvalue weighted by Crippen LogP contribution is 2.46. The number of rotatable bonds is 4. The molecule has 2 aromatic rings. The first-order valence-corrected chi connectivity index (χ1v) is 10.6. The Kier molecular flexibility index (Phi) is 5.04. The van der Waals surface area contributed by atoms with Crippen molar-refractivity contribution in [3.05, 3.63) is 40.2 Å². The Morgan fingerprint density at radius 1 is 1.27 bits per heavy atom. The van der Waals surface area contributed by atoms with Crippen LogP contribution < -0.4 is 0 Å². The van der Waals surface area contributed by atoms with E-state index >= 15 is 0 Å². The van der Waals surface area contributed by atoms with Gasteiger partial charge >= 0.3 is 0 Å². The predicted molar refractivity (Wildman–Crippen MR) is 113 cm³/mol. The van der Waals surface area contributed by atoms with Crippen LogP contribution in [0.5, 0.6) is 5.75 Å². The number of nitrogens with zero attached hydrogens (tertiary/aromatic N) is 1. The lowest BCUT2D eigenvalue weighted by atomic mass is 9.82. The molecule has 1 N–H and O–H groups in total. The van der Waals surface area contributed by atoms with Gasteiger partial charge in [0, 0.05) is 27.5 Å². The van der Waals surface area contributed by atoms with Gasteiger partial charge in [0.1, 0.15) is 5.75 Å². The summed E-state index contributed by atoms with van der Waals surface area (Å²) < 4.78 is 0. The third-order valence-corrected chi connectivity index (χ3v) is 6.96. The fourth-order valence-corrected chi connectivity index (χ4v) is 5.26. The second-order valence-corrected chi connectivity index (χ2v) is 9.69. The zero-order valence-electron chi connectivity index (χ0n) is 16.8. The number of aromatic nitrogens is 1. The van der Waals surface area contributed by atoms with Crippen molar-refractivity contribution in [3.8, 4) is 17.0 Å². The molecular formula is C23H31NOS. The molecular weight excluding hydrogens is 338 g/mol. The minimum Gasteiger partial charge on any atom is -0.507 e. The van der Waals surface area contributed by atoms with Gasteiger partial charge in [-0.1, -0.05) is 47.1 Å². The maximum absolute atomic E-state index is 10.7. The molecule has 1 fully saturated rings. The van der Waals surface area contributed by atoms with E-state index in [9.17, 15) is 5.11 Å². The first-order chi connectivity index (χ1) is 12.2. The van der Waals surface area contributed by atoms with Gasteiger partial charge < -0.3 is 5.11 Å². The number of aromatic hydroxyl groups is 1. The molecule has 0 radical (unpaired) electrons. The molecule has 0 spiro atoms. The summed E-state index contributed by atoms with van der Waals surface area (Å²) >= 11 is 1.80. The maximum atomic E-state index is 10.7. The fraction of sp³-hybridized carbons (Fsp3) is 0.522. The Morgan fingerprint density at radius 3 is 2.46 bits per heavy atom. The van der Waals surface area contributed by atoms with Crippen LogP contribution in [0.1, 0.15) is 82.9 Å². The summed E-state index contributed by atoms with van der Waals surface area (Å²) in [6, 6.07) is 4.15. The smallest absolute Gasteiger partial charge is 0.126 e. The molecule has 1 aliphatic carbocycles. The van der Waals surface area contributed by atoms with Gasteiger partial charge in [-0.25, -0.2) is 4.98 Å². The van der Waals surface area contributed by atoms with Crippen molar-refractivity contribution in [1.82, 2.24) is 4.98 Å². The number of phenolic OH excluding ortho intramolecular Hbond substituents is 1. The molecule has 26 heavy (non-hydrogen) atoms. The Balaban J connectivity index is 2.10. The van der Waals surface area contributed by atoms with Crippen LogP contribution in [0.15, 0.2) is 24.1 Å². The lowest BCUT2D eigenvalue weighted by Gasteiger charge is -2.24. The summed E-state index contributed by atoms with van der Waals surface area (Å²) in [6.07, 6.45) is 6.32. The first-order valence-electron chi connectivity index (χ1n) is 9.68. The number of benzene rings is 1. The van der Waals surface area contributed by atoms with E-state index in [2.05, 4.69) is 45.7 Å². The van der Waals surface area contributed by atoms with Crippen LogP contribution >= 0.6 is 11.3 Å². The van der Waals surface area contributed by atoms with Gasteiger partial charge in [0.2, 0.25) is 0 Å². The number of hydrogen-bond acceptors (Lipinski definition) is 3. The molecule has 2 nitrogen and oxygen atoms in total. The molecule has 1 aromatic heterocycles. The minimum absolute atomic E-state index is 0.140. The highest BCUT2D eigenvalue weighted by atomic mass is 32.1. The van der Waals surface area contributed by atoms with E-state index < -0.39 is 0 Å². The molecule has 140 valence electrons. The van der Waals surface area contributed by atoms with Crippen molar-refractivity contribution >= 4 is 16.9 Å². The summed E-state index contributed by atoms with van der Waals surface area (Å²) in [5, 5.41) is 14.2. The monoisotopic (exact) mass is 369 g/mol. The van der Waals surface area contributed by atoms with E-state index in [-0.39, 0.29) is 10.8 Å². The zero-order valence-corrected chi connectivity index (χ0v) is 17.6. The second kappa shape index (κ2) is 6.84. The van der Waals surface area contributed by atoms with Crippen LogP contribution in [-0.2, 0) is 10.8 Å². The van der Waals surface area contributed by atoms with Crippen LogP contribution in [0.3, 0.4) is 0 Å². The average molecular weight is 370 g/mol. The molecule has 0 bridgehead atoms. The molecule has 1 heterocycles. The molecule has 1 saturated carbocycles. The van der Waals surface area contributed by atoms with Crippen LogP contribution in [0.25, 0.3) is 16.8 Å². The Hall–Kier alpha value is -1.61. The largest absolute Gasteiger partial charge is 0.507 e. The molecule has 1 aliphatic rings. The van der Waals surface area contributed by atoms with E-state index in [0.717, 1.165) is 28.0 Å². The van der Waals surface area contributed by atoms with E-state index in [1.807, 2.05) is 13.0 Å². The van der Waals surface area contributed by atoms with Gasteiger partial charge in [-0.3, -0.25) is 0 Å². The SMILES string of the molecule is C=C(C)c1cc(-c2csc(C3(CC)CCCC3)n2)cc(C(C)(C)C)c1O. The number of thiazole rings is 1. The Labute approximate surface area is 162 Å². The van der Waals surface area contributed by atoms with Gasteiger partial charge in [0.05, 0.1) is 10.7 Å². The summed E-state index contributed by atoms with van der Waals surface area (Å²) in [5.41, 5.74) is 4.91. The fourth-order valence-electron chi connectivity index (χ4n) is 4.10. The predicted octanol–water partition coefficient (Wildman–Crippen LogP) is 7.07. The Morgan fingerprint density at radius 2 is 1.92 bits per heavy atom. The van der Waals surface area contributed by atoms with Crippen molar-refractivity contribution in [2.45, 2.75) is 77.6 Å². The Bertz CT molecular complexity index is 819. The zero-order chi connectivity index (χ0) is 19.1. The molecule has 3 heteroatoms. The molecule has 1 aromatic carbocycles. The molecule has 0 aliphatic heterocycles. The van der Waals surface area contributed by atoms with Gasteiger partial charge in [0.25, 0.3) is 0 Å². The highest BCUT2D eigenvalue weighted by molar-refractivity contribution is 7.10. The second-order valence-electron chi connectivity index (χ2n) is 8.83. The summed E-state index contributed by atoms with van der Waals surface area (Å²) in [7, 11) is 0. The normalized spacial score (nSPS) is 16.8. The van der Waals surface area contributed by atoms with E-state index in [1.54, 1.807) is 11.3 Å². The van der Waals surface area contributed by atoms with E-state index in [0.29, 0.717) is 5.75 Å². The molecule has 0 unspecified atom stereocenters. The topological polar surface area (TPSA) is 33.1 Å². The first kappa shape index (κ1) is 19.2. The van der Waals surface area contributed by atoms with E-state index in [4.69, 9.17) is 4.98 Å². The van der Waals surface area contributed by atoms with Crippen LogP contribution in [-0.4, -0.2) is 10.1 Å². The lowest BCUT2D eigenvalue weighted by molar-refractivity contribution is 0.423. The maximum Gasteiger partial charge on any atom is 0.126 e. The summed E-state index contributed by atoms with van der Waals surface area (Å²) in [4.78, 5) is 5.07. The molecule has 0 atom stereocenters. The third-order valence-electron chi connectivity index (χ3n) is 5.87. The minimum atomic E-state index is -0.140. The molecule has 0 amide bonds. The standard InChI is InChI=1S/C23H31NOS/c1-7-23(10-8-9-11-23)21-24-19(14-26-21)16-12-17(15(2)3)20(25)18(13-16)22(4,5)6/h12-14,25H,2,7-11H2,1,3-6H3.